The number of rotatable bonds is 6. The van der Waals surface area contributed by atoms with Gasteiger partial charge in [-0.15, -0.1) is 0 Å². The maximum Gasteiger partial charge on any atom is 0.0700 e. The van der Waals surface area contributed by atoms with Gasteiger partial charge in [0.05, 0.1) is 6.10 Å². The van der Waals surface area contributed by atoms with Crippen molar-refractivity contribution in [2.75, 3.05) is 19.7 Å². The molecule has 2 heteroatoms. The van der Waals surface area contributed by atoms with Crippen molar-refractivity contribution in [1.82, 2.24) is 5.32 Å². The van der Waals surface area contributed by atoms with Crippen LogP contribution in [0.15, 0.2) is 0 Å². The lowest BCUT2D eigenvalue weighted by atomic mass is 10.2. The molecule has 1 aliphatic carbocycles. The van der Waals surface area contributed by atoms with Crippen LogP contribution in [0.3, 0.4) is 0 Å². The predicted molar refractivity (Wildman–Crippen MR) is 53.8 cm³/mol. The van der Waals surface area contributed by atoms with Crippen LogP contribution in [-0.4, -0.2) is 25.8 Å². The van der Waals surface area contributed by atoms with Crippen LogP contribution in [0, 0.1) is 5.92 Å². The number of hydrogen-bond donors (Lipinski definition) is 1. The van der Waals surface area contributed by atoms with E-state index in [0.29, 0.717) is 6.10 Å². The van der Waals surface area contributed by atoms with Crippen LogP contribution in [0.5, 0.6) is 0 Å². The Labute approximate surface area is 81.0 Å². The zero-order chi connectivity index (χ0) is 8.93. The Bertz CT molecular complexity index is 139. The summed E-state index contributed by atoms with van der Waals surface area (Å²) in [6.07, 6.45) is 8.82. The standard InChI is InChI=1S/C11H21NO/c1(3-10-5-6-10)7-12-9-11-4-2-8-13-11/h10-12H,1-9H2/t11-/m0/s1. The van der Waals surface area contributed by atoms with Crippen molar-refractivity contribution in [3.8, 4) is 0 Å². The van der Waals surface area contributed by atoms with E-state index in [1.165, 1.54) is 45.1 Å². The topological polar surface area (TPSA) is 21.3 Å². The highest BCUT2D eigenvalue weighted by Gasteiger charge is 2.20. The number of ether oxygens (including phenoxy) is 1. The zero-order valence-corrected chi connectivity index (χ0v) is 8.43. The van der Waals surface area contributed by atoms with Gasteiger partial charge >= 0.3 is 0 Å². The zero-order valence-electron chi connectivity index (χ0n) is 8.43. The molecule has 2 fully saturated rings. The van der Waals surface area contributed by atoms with E-state index in [9.17, 15) is 0 Å². The molecule has 0 unspecified atom stereocenters. The van der Waals surface area contributed by atoms with Gasteiger partial charge in [-0.3, -0.25) is 0 Å². The van der Waals surface area contributed by atoms with Crippen LogP contribution in [0.25, 0.3) is 0 Å². The molecule has 0 amide bonds. The summed E-state index contributed by atoms with van der Waals surface area (Å²) in [4.78, 5) is 0. The van der Waals surface area contributed by atoms with E-state index >= 15 is 0 Å². The lowest BCUT2D eigenvalue weighted by Crippen LogP contribution is -2.27. The van der Waals surface area contributed by atoms with E-state index in [4.69, 9.17) is 4.74 Å². The summed E-state index contributed by atoms with van der Waals surface area (Å²) in [5.74, 6) is 1.09. The van der Waals surface area contributed by atoms with Crippen molar-refractivity contribution < 1.29 is 4.74 Å². The molecule has 0 aromatic rings. The maximum absolute atomic E-state index is 5.53. The van der Waals surface area contributed by atoms with E-state index in [1.54, 1.807) is 0 Å². The second-order valence-electron chi connectivity index (χ2n) is 4.42. The summed E-state index contributed by atoms with van der Waals surface area (Å²) in [7, 11) is 0. The Morgan fingerprint density at radius 3 is 2.85 bits per heavy atom. The van der Waals surface area contributed by atoms with Crippen molar-refractivity contribution >= 4 is 0 Å². The molecule has 76 valence electrons. The molecule has 0 radical (unpaired) electrons. The summed E-state index contributed by atoms with van der Waals surface area (Å²) >= 11 is 0. The van der Waals surface area contributed by atoms with Crippen LogP contribution in [0.1, 0.15) is 38.5 Å². The Hall–Kier alpha value is -0.0800. The third kappa shape index (κ3) is 3.65. The van der Waals surface area contributed by atoms with E-state index in [-0.39, 0.29) is 0 Å². The minimum absolute atomic E-state index is 0.515. The molecule has 1 heterocycles. The van der Waals surface area contributed by atoms with Gasteiger partial charge in [-0.25, -0.2) is 0 Å². The first-order valence-corrected chi connectivity index (χ1v) is 5.77. The number of hydrogen-bond acceptors (Lipinski definition) is 2. The van der Waals surface area contributed by atoms with Gasteiger partial charge in [0.25, 0.3) is 0 Å². The highest BCUT2D eigenvalue weighted by molar-refractivity contribution is 4.73. The average Bonchev–Trinajstić information content (AvgIpc) is 2.81. The van der Waals surface area contributed by atoms with E-state index in [2.05, 4.69) is 5.32 Å². The fourth-order valence-electron chi connectivity index (χ4n) is 1.99. The van der Waals surface area contributed by atoms with Crippen molar-refractivity contribution in [2.45, 2.75) is 44.6 Å². The molecule has 2 nitrogen and oxygen atoms in total. The van der Waals surface area contributed by atoms with Gasteiger partial charge in [-0.05, 0) is 38.1 Å². The van der Waals surface area contributed by atoms with E-state index in [0.717, 1.165) is 19.1 Å². The van der Waals surface area contributed by atoms with Crippen LogP contribution in [-0.2, 0) is 4.74 Å². The fourth-order valence-corrected chi connectivity index (χ4v) is 1.99. The van der Waals surface area contributed by atoms with Crippen molar-refractivity contribution in [3.05, 3.63) is 0 Å². The molecular weight excluding hydrogens is 162 g/mol. The molecule has 1 N–H and O–H groups in total. The molecule has 0 spiro atoms. The van der Waals surface area contributed by atoms with Gasteiger partial charge in [0.1, 0.15) is 0 Å². The predicted octanol–water partition coefficient (Wildman–Crippen LogP) is 1.95. The average molecular weight is 183 g/mol. The first-order valence-electron chi connectivity index (χ1n) is 5.77. The third-order valence-corrected chi connectivity index (χ3v) is 3.06. The third-order valence-electron chi connectivity index (χ3n) is 3.06. The lowest BCUT2D eigenvalue weighted by Gasteiger charge is -2.10. The highest BCUT2D eigenvalue weighted by Crippen LogP contribution is 2.33. The first-order chi connectivity index (χ1) is 6.45. The molecular formula is C11H21NO. The quantitative estimate of drug-likeness (QED) is 0.635. The van der Waals surface area contributed by atoms with Gasteiger partial charge in [0, 0.05) is 13.2 Å². The summed E-state index contributed by atoms with van der Waals surface area (Å²) in [5.41, 5.74) is 0. The minimum Gasteiger partial charge on any atom is -0.377 e. The number of nitrogens with one attached hydrogen (secondary N) is 1. The maximum atomic E-state index is 5.53. The molecule has 1 atom stereocenters. The Morgan fingerprint density at radius 1 is 1.23 bits per heavy atom. The van der Waals surface area contributed by atoms with Gasteiger partial charge in [0.2, 0.25) is 0 Å². The molecule has 0 bridgehead atoms. The molecule has 2 aliphatic rings. The van der Waals surface area contributed by atoms with Gasteiger partial charge in [-0.2, -0.15) is 0 Å². The molecule has 13 heavy (non-hydrogen) atoms. The largest absolute Gasteiger partial charge is 0.377 e. The second kappa shape index (κ2) is 4.97. The molecule has 2 rings (SSSR count). The summed E-state index contributed by atoms with van der Waals surface area (Å²) in [5, 5.41) is 3.49. The van der Waals surface area contributed by atoms with E-state index < -0.39 is 0 Å². The smallest absolute Gasteiger partial charge is 0.0700 e. The molecule has 0 aromatic heterocycles. The molecule has 1 saturated heterocycles. The molecule has 0 aromatic carbocycles. The van der Waals surface area contributed by atoms with Gasteiger partial charge in [0.15, 0.2) is 0 Å². The normalized spacial score (nSPS) is 28.2. The summed E-state index contributed by atoms with van der Waals surface area (Å²) in [6, 6.07) is 0. The van der Waals surface area contributed by atoms with Crippen LogP contribution >= 0.6 is 0 Å². The first kappa shape index (κ1) is 9.47. The van der Waals surface area contributed by atoms with Crippen LogP contribution in [0.4, 0.5) is 0 Å². The Morgan fingerprint density at radius 2 is 2.15 bits per heavy atom. The SMILES string of the molecule is C(CNC[C@@H]1CCCO1)CC1CC1. The molecule has 1 aliphatic heterocycles. The summed E-state index contributed by atoms with van der Waals surface area (Å²) in [6.45, 7) is 3.25. The minimum atomic E-state index is 0.515. The summed E-state index contributed by atoms with van der Waals surface area (Å²) < 4.78 is 5.53. The van der Waals surface area contributed by atoms with Crippen molar-refractivity contribution in [2.24, 2.45) is 5.92 Å². The van der Waals surface area contributed by atoms with Crippen molar-refractivity contribution in [1.29, 1.82) is 0 Å². The monoisotopic (exact) mass is 183 g/mol. The van der Waals surface area contributed by atoms with E-state index in [1.807, 2.05) is 0 Å². The highest BCUT2D eigenvalue weighted by atomic mass is 16.5. The van der Waals surface area contributed by atoms with Crippen molar-refractivity contribution in [3.63, 3.8) is 0 Å². The van der Waals surface area contributed by atoms with Crippen LogP contribution in [0.2, 0.25) is 0 Å². The molecule has 1 saturated carbocycles. The lowest BCUT2D eigenvalue weighted by molar-refractivity contribution is 0.110. The fraction of sp³-hybridized carbons (Fsp3) is 1.00. The van der Waals surface area contributed by atoms with Gasteiger partial charge in [-0.1, -0.05) is 12.8 Å². The Kier molecular flexibility index (Phi) is 3.62. The second-order valence-corrected chi connectivity index (χ2v) is 4.42. The van der Waals surface area contributed by atoms with Gasteiger partial charge < -0.3 is 10.1 Å². The van der Waals surface area contributed by atoms with Crippen LogP contribution < -0.4 is 5.32 Å². The Balaban J connectivity index is 1.39.